The molecule has 2 aliphatic rings. The minimum absolute atomic E-state index is 0.116. The van der Waals surface area contributed by atoms with E-state index in [-0.39, 0.29) is 35.1 Å². The zero-order valence-corrected chi connectivity index (χ0v) is 22.6. The summed E-state index contributed by atoms with van der Waals surface area (Å²) in [5.74, 6) is -1.01. The second kappa shape index (κ2) is 16.2. The van der Waals surface area contributed by atoms with Crippen LogP contribution in [-0.2, 0) is 28.7 Å². The van der Waals surface area contributed by atoms with Crippen molar-refractivity contribution in [1.29, 1.82) is 0 Å². The fraction of sp³-hybridized carbons (Fsp3) is 0.714. The number of rotatable bonds is 12. The van der Waals surface area contributed by atoms with Crippen LogP contribution in [0.25, 0.3) is 0 Å². The third-order valence-corrected chi connectivity index (χ3v) is 7.11. The maximum absolute atomic E-state index is 11.9. The minimum atomic E-state index is -0.760. The van der Waals surface area contributed by atoms with E-state index in [1.807, 2.05) is 0 Å². The fourth-order valence-electron chi connectivity index (χ4n) is 4.96. The number of carbonyl (C=O) groups excluding carboxylic acids is 3. The monoisotopic (exact) mass is 507 g/mol. The van der Waals surface area contributed by atoms with Gasteiger partial charge in [-0.25, -0.2) is 0 Å². The molecule has 0 saturated carbocycles. The van der Waals surface area contributed by atoms with E-state index < -0.39 is 5.97 Å². The van der Waals surface area contributed by atoms with Gasteiger partial charge in [-0.05, 0) is 75.0 Å². The van der Waals surface area contributed by atoms with E-state index in [9.17, 15) is 19.2 Å². The zero-order chi connectivity index (χ0) is 27.0. The molecular formula is C28H45NO7. The maximum Gasteiger partial charge on any atom is 0.306 e. The summed E-state index contributed by atoms with van der Waals surface area (Å²) < 4.78 is 9.39. The van der Waals surface area contributed by atoms with Gasteiger partial charge in [0.05, 0.1) is 20.6 Å². The van der Waals surface area contributed by atoms with Crippen LogP contribution in [0, 0.1) is 10.8 Å². The molecule has 0 heterocycles. The van der Waals surface area contributed by atoms with Gasteiger partial charge in [-0.15, -0.1) is 0 Å². The third kappa shape index (κ3) is 11.9. The molecule has 1 N–H and O–H groups in total. The van der Waals surface area contributed by atoms with Crippen LogP contribution < -0.4 is 0 Å². The maximum atomic E-state index is 11.9. The number of allylic oxidation sites excluding steroid dienone is 4. The number of hydrogen-bond donors (Lipinski definition) is 1. The van der Waals surface area contributed by atoms with Crippen LogP contribution in [0.1, 0.15) is 89.9 Å². The van der Waals surface area contributed by atoms with E-state index >= 15 is 0 Å². The molecule has 0 unspecified atom stereocenters. The number of aliphatic carboxylic acids is 1. The Bertz CT molecular complexity index is 789. The standard InChI is InChI=1S/C14H23NO3.C14H22O4/c1-15(2)12(16)11-14(8-4-3-5-9-14)10-6-7-13(17)18;1-17-12(15)7-6-10-14(11-13(16)18-2)8-4-3-5-9-14/h4,8H,3,5-7,9-11H2,1-2H3,(H,17,18);4,8H,3,5-7,9-11H2,1-2H3/t2*14-/m11/s1. The highest BCUT2D eigenvalue weighted by atomic mass is 16.5. The molecule has 0 aromatic carbocycles. The summed E-state index contributed by atoms with van der Waals surface area (Å²) in [5, 5.41) is 8.70. The highest BCUT2D eigenvalue weighted by Crippen LogP contribution is 2.40. The van der Waals surface area contributed by atoms with Crippen molar-refractivity contribution < 1.29 is 33.8 Å². The molecule has 0 fully saturated rings. The third-order valence-electron chi connectivity index (χ3n) is 7.11. The molecule has 0 aromatic heterocycles. The average molecular weight is 508 g/mol. The first-order chi connectivity index (χ1) is 17.1. The summed E-state index contributed by atoms with van der Waals surface area (Å²) >= 11 is 0. The first-order valence-electron chi connectivity index (χ1n) is 13.0. The highest BCUT2D eigenvalue weighted by molar-refractivity contribution is 5.76. The Morgan fingerprint density at radius 2 is 1.31 bits per heavy atom. The van der Waals surface area contributed by atoms with Crippen LogP contribution in [0.2, 0.25) is 0 Å². The lowest BCUT2D eigenvalue weighted by Crippen LogP contribution is -2.31. The Labute approximate surface area is 216 Å². The predicted octanol–water partition coefficient (Wildman–Crippen LogP) is 5.07. The van der Waals surface area contributed by atoms with Crippen molar-refractivity contribution in [3.63, 3.8) is 0 Å². The highest BCUT2D eigenvalue weighted by Gasteiger charge is 2.32. The molecule has 2 atom stereocenters. The Balaban J connectivity index is 0.000000360. The van der Waals surface area contributed by atoms with E-state index in [2.05, 4.69) is 29.0 Å². The van der Waals surface area contributed by atoms with Crippen LogP contribution in [-0.4, -0.2) is 62.1 Å². The lowest BCUT2D eigenvalue weighted by atomic mass is 9.72. The van der Waals surface area contributed by atoms with E-state index in [1.165, 1.54) is 14.2 Å². The molecule has 0 radical (unpaired) electrons. The van der Waals surface area contributed by atoms with Crippen LogP contribution in [0.5, 0.6) is 0 Å². The number of carboxylic acid groups (broad SMARTS) is 1. The van der Waals surface area contributed by atoms with Gasteiger partial charge in [0, 0.05) is 33.4 Å². The number of carbonyl (C=O) groups is 4. The molecule has 0 aliphatic heterocycles. The van der Waals surface area contributed by atoms with Gasteiger partial charge >= 0.3 is 17.9 Å². The molecule has 0 saturated heterocycles. The lowest BCUT2D eigenvalue weighted by Gasteiger charge is -2.33. The summed E-state index contributed by atoms with van der Waals surface area (Å²) in [4.78, 5) is 46.7. The van der Waals surface area contributed by atoms with Gasteiger partial charge in [-0.2, -0.15) is 0 Å². The van der Waals surface area contributed by atoms with Crippen molar-refractivity contribution in [3.8, 4) is 0 Å². The fourth-order valence-corrected chi connectivity index (χ4v) is 4.96. The molecule has 8 heteroatoms. The first kappa shape index (κ1) is 31.4. The molecule has 8 nitrogen and oxygen atoms in total. The van der Waals surface area contributed by atoms with Gasteiger partial charge in [0.15, 0.2) is 0 Å². The summed E-state index contributed by atoms with van der Waals surface area (Å²) in [6, 6.07) is 0. The smallest absolute Gasteiger partial charge is 0.306 e. The summed E-state index contributed by atoms with van der Waals surface area (Å²) in [6.07, 6.45) is 19.3. The van der Waals surface area contributed by atoms with Crippen LogP contribution in [0.3, 0.4) is 0 Å². The van der Waals surface area contributed by atoms with Crippen molar-refractivity contribution in [2.24, 2.45) is 10.8 Å². The second-order valence-electron chi connectivity index (χ2n) is 10.2. The number of hydrogen-bond acceptors (Lipinski definition) is 6. The van der Waals surface area contributed by atoms with Crippen molar-refractivity contribution in [2.45, 2.75) is 89.9 Å². The quantitative estimate of drug-likeness (QED) is 0.290. The molecule has 1 amide bonds. The first-order valence-corrected chi connectivity index (χ1v) is 13.0. The Hall–Kier alpha value is -2.64. The predicted molar refractivity (Wildman–Crippen MR) is 138 cm³/mol. The topological polar surface area (TPSA) is 110 Å². The molecule has 36 heavy (non-hydrogen) atoms. The van der Waals surface area contributed by atoms with Crippen molar-refractivity contribution in [3.05, 3.63) is 24.3 Å². The Kier molecular flexibility index (Phi) is 14.1. The number of amides is 1. The Morgan fingerprint density at radius 3 is 1.72 bits per heavy atom. The van der Waals surface area contributed by atoms with Gasteiger partial charge in [0.1, 0.15) is 0 Å². The summed E-state index contributed by atoms with van der Waals surface area (Å²) in [6.45, 7) is 0. The van der Waals surface area contributed by atoms with Crippen LogP contribution >= 0.6 is 0 Å². The largest absolute Gasteiger partial charge is 0.481 e. The average Bonchev–Trinajstić information content (AvgIpc) is 2.85. The molecule has 2 aliphatic carbocycles. The number of methoxy groups -OCH3 is 2. The molecular weight excluding hydrogens is 462 g/mol. The van der Waals surface area contributed by atoms with E-state index in [4.69, 9.17) is 9.84 Å². The zero-order valence-electron chi connectivity index (χ0n) is 22.6. The number of ether oxygens (including phenoxy) is 2. The summed E-state index contributed by atoms with van der Waals surface area (Å²) in [5.41, 5.74) is -0.242. The van der Waals surface area contributed by atoms with Crippen molar-refractivity contribution in [2.75, 3.05) is 28.3 Å². The van der Waals surface area contributed by atoms with Crippen molar-refractivity contribution in [1.82, 2.24) is 4.90 Å². The van der Waals surface area contributed by atoms with E-state index in [0.29, 0.717) is 25.7 Å². The van der Waals surface area contributed by atoms with E-state index in [1.54, 1.807) is 19.0 Å². The van der Waals surface area contributed by atoms with Crippen molar-refractivity contribution >= 4 is 23.8 Å². The van der Waals surface area contributed by atoms with Gasteiger partial charge in [0.2, 0.25) is 5.91 Å². The molecule has 0 aromatic rings. The normalized spacial score (nSPS) is 22.7. The van der Waals surface area contributed by atoms with Gasteiger partial charge in [-0.3, -0.25) is 19.2 Å². The van der Waals surface area contributed by atoms with Gasteiger partial charge in [-0.1, -0.05) is 24.3 Å². The number of esters is 2. The molecule has 0 bridgehead atoms. The molecule has 2 rings (SSSR count). The molecule has 0 spiro atoms. The second-order valence-corrected chi connectivity index (χ2v) is 10.2. The summed E-state index contributed by atoms with van der Waals surface area (Å²) in [7, 11) is 6.34. The SMILES string of the molecule is CN(C)C(=O)C[C@]1(CCCC(=O)O)C=CCCC1.COC(=O)CCC[C@@]1(CC(=O)OC)C=CCCC1. The van der Waals surface area contributed by atoms with Crippen LogP contribution in [0.15, 0.2) is 24.3 Å². The lowest BCUT2D eigenvalue weighted by molar-refractivity contribution is -0.143. The van der Waals surface area contributed by atoms with E-state index in [0.717, 1.165) is 57.8 Å². The minimum Gasteiger partial charge on any atom is -0.481 e. The van der Waals surface area contributed by atoms with Gasteiger partial charge in [0.25, 0.3) is 0 Å². The molecule has 204 valence electrons. The number of nitrogens with zero attached hydrogens (tertiary/aromatic N) is 1. The van der Waals surface area contributed by atoms with Gasteiger partial charge < -0.3 is 19.5 Å². The van der Waals surface area contributed by atoms with Crippen LogP contribution in [0.4, 0.5) is 0 Å². The number of carboxylic acids is 1. The Morgan fingerprint density at radius 1 is 0.806 bits per heavy atom.